The third-order valence-electron chi connectivity index (χ3n) is 2.14. The second kappa shape index (κ2) is 5.86. The molecule has 2 rings (SSSR count). The third kappa shape index (κ3) is 3.74. The molecule has 2 heterocycles. The quantitative estimate of drug-likeness (QED) is 0.506. The van der Waals surface area contributed by atoms with Gasteiger partial charge in [-0.1, -0.05) is 11.3 Å². The smallest absolute Gasteiger partial charge is 0.268 e. The number of anilines is 1. The number of aromatic nitrogens is 2. The second-order valence-corrected chi connectivity index (χ2v) is 6.95. The van der Waals surface area contributed by atoms with Crippen molar-refractivity contribution in [2.24, 2.45) is 0 Å². The lowest BCUT2D eigenvalue weighted by Gasteiger charge is -1.97. The maximum atomic E-state index is 11.9. The first-order chi connectivity index (χ1) is 9.90. The minimum atomic E-state index is -3.49. The molecule has 10 heteroatoms. The fourth-order valence-electron chi connectivity index (χ4n) is 1.24. The highest BCUT2D eigenvalue weighted by Crippen LogP contribution is 2.20. The first-order valence-corrected chi connectivity index (χ1v) is 8.11. The molecule has 0 aliphatic carbocycles. The number of rotatable bonds is 4. The molecule has 0 aliphatic rings. The van der Waals surface area contributed by atoms with Gasteiger partial charge in [0.25, 0.3) is 5.91 Å². The van der Waals surface area contributed by atoms with Crippen molar-refractivity contribution in [2.45, 2.75) is 4.34 Å². The molecule has 0 saturated carbocycles. The third-order valence-corrected chi connectivity index (χ3v) is 4.65. The molecular weight excluding hydrogens is 316 g/mol. The van der Waals surface area contributed by atoms with Crippen LogP contribution in [0.3, 0.4) is 0 Å². The second-order valence-electron chi connectivity index (χ2n) is 3.78. The number of carbonyl (C=O) groups is 1. The summed E-state index contributed by atoms with van der Waals surface area (Å²) in [5.74, 6) is -0.388. The SMILES string of the molecule is CS(=O)(=O)c1nnc(NC(=O)/C(C#N)=C\c2ccco2)s1. The molecule has 8 nitrogen and oxygen atoms in total. The van der Waals surface area contributed by atoms with Gasteiger partial charge < -0.3 is 4.42 Å². The Morgan fingerprint density at radius 1 is 1.52 bits per heavy atom. The molecule has 2 aromatic rings. The van der Waals surface area contributed by atoms with E-state index in [1.165, 1.54) is 12.3 Å². The molecule has 21 heavy (non-hydrogen) atoms. The number of hydrogen-bond donors (Lipinski definition) is 1. The van der Waals surface area contributed by atoms with Crippen LogP contribution in [0.2, 0.25) is 0 Å². The zero-order valence-electron chi connectivity index (χ0n) is 10.6. The summed E-state index contributed by atoms with van der Waals surface area (Å²) in [7, 11) is -3.49. The number of amides is 1. The van der Waals surface area contributed by atoms with E-state index >= 15 is 0 Å². The van der Waals surface area contributed by atoms with E-state index in [0.717, 1.165) is 6.26 Å². The predicted octanol–water partition coefficient (Wildman–Crippen LogP) is 1.08. The van der Waals surface area contributed by atoms with Crippen molar-refractivity contribution in [3.05, 3.63) is 29.7 Å². The lowest BCUT2D eigenvalue weighted by molar-refractivity contribution is -0.112. The highest BCUT2D eigenvalue weighted by Gasteiger charge is 2.17. The molecule has 0 spiro atoms. The largest absolute Gasteiger partial charge is 0.465 e. The topological polar surface area (TPSA) is 126 Å². The van der Waals surface area contributed by atoms with Crippen LogP contribution in [0, 0.1) is 11.3 Å². The maximum absolute atomic E-state index is 11.9. The van der Waals surface area contributed by atoms with E-state index in [0.29, 0.717) is 17.1 Å². The van der Waals surface area contributed by atoms with Gasteiger partial charge in [-0.25, -0.2) is 8.42 Å². The van der Waals surface area contributed by atoms with Crippen LogP contribution in [-0.4, -0.2) is 30.8 Å². The molecule has 0 unspecified atom stereocenters. The van der Waals surface area contributed by atoms with E-state index in [4.69, 9.17) is 9.68 Å². The van der Waals surface area contributed by atoms with Crippen LogP contribution < -0.4 is 5.32 Å². The Morgan fingerprint density at radius 3 is 2.81 bits per heavy atom. The highest BCUT2D eigenvalue weighted by atomic mass is 32.2. The van der Waals surface area contributed by atoms with E-state index in [-0.39, 0.29) is 15.0 Å². The summed E-state index contributed by atoms with van der Waals surface area (Å²) in [5, 5.41) is 18.2. The molecule has 108 valence electrons. The first-order valence-electron chi connectivity index (χ1n) is 5.40. The van der Waals surface area contributed by atoms with Crippen LogP contribution in [0.25, 0.3) is 6.08 Å². The fraction of sp³-hybridized carbons (Fsp3) is 0.0909. The van der Waals surface area contributed by atoms with Crippen LogP contribution in [0.1, 0.15) is 5.76 Å². The summed E-state index contributed by atoms with van der Waals surface area (Å²) >= 11 is 0.702. The standard InChI is InChI=1S/C11H8N4O4S2/c1-21(17,18)11-15-14-10(20-11)13-9(16)7(6-12)5-8-3-2-4-19-8/h2-5H,1H3,(H,13,14,16)/b7-5-. The summed E-state index contributed by atoms with van der Waals surface area (Å²) in [5.41, 5.74) is -0.207. The minimum Gasteiger partial charge on any atom is -0.465 e. The number of hydrogen-bond acceptors (Lipinski definition) is 8. The van der Waals surface area contributed by atoms with Crippen molar-refractivity contribution in [1.82, 2.24) is 10.2 Å². The van der Waals surface area contributed by atoms with Crippen molar-refractivity contribution in [2.75, 3.05) is 11.6 Å². The molecular formula is C11H8N4O4S2. The zero-order valence-corrected chi connectivity index (χ0v) is 12.2. The van der Waals surface area contributed by atoms with E-state index < -0.39 is 15.7 Å². The molecule has 1 amide bonds. The van der Waals surface area contributed by atoms with Gasteiger partial charge in [-0.3, -0.25) is 10.1 Å². The summed E-state index contributed by atoms with van der Waals surface area (Å²) in [6.45, 7) is 0. The van der Waals surface area contributed by atoms with Crippen molar-refractivity contribution in [1.29, 1.82) is 5.26 Å². The van der Waals surface area contributed by atoms with Crippen LogP contribution >= 0.6 is 11.3 Å². The Kier molecular flexibility index (Phi) is 4.15. The molecule has 0 aromatic carbocycles. The summed E-state index contributed by atoms with van der Waals surface area (Å²) in [6.07, 6.45) is 3.65. The Morgan fingerprint density at radius 2 is 2.29 bits per heavy atom. The predicted molar refractivity (Wildman–Crippen MR) is 73.9 cm³/mol. The van der Waals surface area contributed by atoms with Gasteiger partial charge in [-0.15, -0.1) is 10.2 Å². The minimum absolute atomic E-state index is 0.0129. The van der Waals surface area contributed by atoms with Crippen molar-refractivity contribution in [3.63, 3.8) is 0 Å². The number of sulfone groups is 1. The fourth-order valence-corrected chi connectivity index (χ4v) is 2.74. The molecule has 0 radical (unpaired) electrons. The number of nitrogens with zero attached hydrogens (tertiary/aromatic N) is 3. The van der Waals surface area contributed by atoms with Gasteiger partial charge in [0.2, 0.25) is 19.3 Å². The molecule has 0 aliphatic heterocycles. The van der Waals surface area contributed by atoms with E-state index in [1.807, 2.05) is 0 Å². The molecule has 2 aromatic heterocycles. The Hall–Kier alpha value is -2.51. The average Bonchev–Trinajstić information content (AvgIpc) is 3.05. The molecule has 1 N–H and O–H groups in total. The van der Waals surface area contributed by atoms with Crippen molar-refractivity contribution in [3.8, 4) is 6.07 Å². The van der Waals surface area contributed by atoms with Crippen LogP contribution in [0.4, 0.5) is 5.13 Å². The average molecular weight is 324 g/mol. The monoisotopic (exact) mass is 324 g/mol. The van der Waals surface area contributed by atoms with Gasteiger partial charge >= 0.3 is 0 Å². The lowest BCUT2D eigenvalue weighted by atomic mass is 10.2. The van der Waals surface area contributed by atoms with Gasteiger partial charge in [0.1, 0.15) is 17.4 Å². The van der Waals surface area contributed by atoms with Crippen molar-refractivity contribution < 1.29 is 17.6 Å². The summed E-state index contributed by atoms with van der Waals surface area (Å²) in [4.78, 5) is 11.9. The lowest BCUT2D eigenvalue weighted by Crippen LogP contribution is -2.13. The normalized spacial score (nSPS) is 11.9. The van der Waals surface area contributed by atoms with Gasteiger partial charge in [0.05, 0.1) is 6.26 Å². The van der Waals surface area contributed by atoms with E-state index in [2.05, 4.69) is 15.5 Å². The summed E-state index contributed by atoms with van der Waals surface area (Å²) < 4.78 is 27.3. The molecule has 0 bridgehead atoms. The van der Waals surface area contributed by atoms with Gasteiger partial charge in [-0.05, 0) is 12.1 Å². The molecule has 0 fully saturated rings. The maximum Gasteiger partial charge on any atom is 0.268 e. The number of furan rings is 1. The first kappa shape index (κ1) is 14.9. The Balaban J connectivity index is 2.17. The van der Waals surface area contributed by atoms with Crippen molar-refractivity contribution >= 4 is 38.3 Å². The Bertz CT molecular complexity index is 828. The highest BCUT2D eigenvalue weighted by molar-refractivity contribution is 7.92. The van der Waals surface area contributed by atoms with Gasteiger partial charge in [-0.2, -0.15) is 5.26 Å². The molecule has 0 saturated heterocycles. The Labute approximate surface area is 123 Å². The number of carbonyl (C=O) groups excluding carboxylic acids is 1. The zero-order chi connectivity index (χ0) is 15.5. The van der Waals surface area contributed by atoms with Gasteiger partial charge in [0, 0.05) is 12.3 Å². The molecule has 0 atom stereocenters. The number of nitriles is 1. The van der Waals surface area contributed by atoms with E-state index in [9.17, 15) is 13.2 Å². The van der Waals surface area contributed by atoms with Crippen LogP contribution in [-0.2, 0) is 14.6 Å². The summed E-state index contributed by atoms with van der Waals surface area (Å²) in [6, 6.07) is 4.92. The van der Waals surface area contributed by atoms with E-state index in [1.54, 1.807) is 18.2 Å². The van der Waals surface area contributed by atoms with Crippen LogP contribution in [0.15, 0.2) is 32.7 Å². The van der Waals surface area contributed by atoms with Crippen LogP contribution in [0.5, 0.6) is 0 Å². The number of nitrogens with one attached hydrogen (secondary N) is 1. The van der Waals surface area contributed by atoms with Gasteiger partial charge in [0.15, 0.2) is 0 Å².